The smallest absolute Gasteiger partial charge is 0.273 e. The second kappa shape index (κ2) is 4.70. The average Bonchev–Trinajstić information content (AvgIpc) is 2.76. The number of halogens is 1. The van der Waals surface area contributed by atoms with Gasteiger partial charge in [-0.2, -0.15) is 5.10 Å². The van der Waals surface area contributed by atoms with Crippen LogP contribution in [-0.4, -0.2) is 19.8 Å². The van der Waals surface area contributed by atoms with Crippen LogP contribution in [0.25, 0.3) is 11.1 Å². The quantitative estimate of drug-likeness (QED) is 0.401. The number of non-ortho nitro benzene ring substituents is 1. The van der Waals surface area contributed by atoms with Gasteiger partial charge in [-0.05, 0) is 11.6 Å². The largest absolute Gasteiger partial charge is 0.508 e. The van der Waals surface area contributed by atoms with Crippen molar-refractivity contribution in [1.82, 2.24) is 9.78 Å². The van der Waals surface area contributed by atoms with Gasteiger partial charge in [-0.15, -0.1) is 0 Å². The number of phenolic OH excluding ortho intramolecular Hbond substituents is 1. The van der Waals surface area contributed by atoms with Crippen LogP contribution in [0.15, 0.2) is 30.6 Å². The number of alkyl halides is 1. The third kappa shape index (κ3) is 2.54. The zero-order valence-corrected chi connectivity index (χ0v) is 10.7. The highest BCUT2D eigenvalue weighted by Crippen LogP contribution is 2.28. The number of phenols is 1. The minimum absolute atomic E-state index is 0.128. The van der Waals surface area contributed by atoms with Crippen LogP contribution in [0.5, 0.6) is 5.75 Å². The Morgan fingerprint density at radius 3 is 2.76 bits per heavy atom. The van der Waals surface area contributed by atoms with Gasteiger partial charge in [0.2, 0.25) is 0 Å². The predicted molar refractivity (Wildman–Crippen MR) is 70.0 cm³/mol. The van der Waals surface area contributed by atoms with Crippen molar-refractivity contribution in [2.24, 2.45) is 0 Å². The Morgan fingerprint density at radius 2 is 2.18 bits per heavy atom. The summed E-state index contributed by atoms with van der Waals surface area (Å²) in [4.78, 5) is 10.1. The molecule has 0 aliphatic heterocycles. The molecule has 0 aliphatic rings. The van der Waals surface area contributed by atoms with Crippen molar-refractivity contribution in [1.29, 1.82) is 0 Å². The third-order valence-electron chi connectivity index (χ3n) is 2.20. The third-order valence-corrected chi connectivity index (χ3v) is 2.90. The molecule has 0 fully saturated rings. The Morgan fingerprint density at radius 1 is 1.41 bits per heavy atom. The predicted octanol–water partition coefficient (Wildman–Crippen LogP) is 2.56. The minimum atomic E-state index is -0.536. The summed E-state index contributed by atoms with van der Waals surface area (Å²) in [5.41, 5.74) is 1.18. The van der Waals surface area contributed by atoms with Crippen molar-refractivity contribution in [3.8, 4) is 16.9 Å². The van der Waals surface area contributed by atoms with Gasteiger partial charge in [-0.25, -0.2) is 0 Å². The second-order valence-electron chi connectivity index (χ2n) is 3.38. The number of nitro groups is 1. The first-order valence-electron chi connectivity index (χ1n) is 4.67. The molecule has 17 heavy (non-hydrogen) atoms. The Bertz CT molecular complexity index is 568. The minimum Gasteiger partial charge on any atom is -0.508 e. The van der Waals surface area contributed by atoms with Crippen LogP contribution in [0.4, 0.5) is 5.69 Å². The number of benzene rings is 1. The zero-order valence-electron chi connectivity index (χ0n) is 8.58. The molecule has 0 saturated heterocycles. The van der Waals surface area contributed by atoms with Gasteiger partial charge in [-0.1, -0.05) is 22.6 Å². The molecule has 1 aromatic heterocycles. The fraction of sp³-hybridized carbons (Fsp3) is 0.100. The fourth-order valence-electron chi connectivity index (χ4n) is 1.45. The lowest BCUT2D eigenvalue weighted by Crippen LogP contribution is -1.89. The number of aromatic hydroxyl groups is 1. The summed E-state index contributed by atoms with van der Waals surface area (Å²) in [7, 11) is 0. The van der Waals surface area contributed by atoms with Crippen molar-refractivity contribution in [3.63, 3.8) is 0 Å². The van der Waals surface area contributed by atoms with Crippen molar-refractivity contribution < 1.29 is 10.0 Å². The molecule has 0 amide bonds. The van der Waals surface area contributed by atoms with E-state index in [1.54, 1.807) is 17.1 Å². The molecule has 1 aromatic carbocycles. The first-order chi connectivity index (χ1) is 8.10. The number of nitrogens with zero attached hydrogens (tertiary/aromatic N) is 3. The maximum absolute atomic E-state index is 10.7. The number of rotatable bonds is 3. The highest BCUT2D eigenvalue weighted by Gasteiger charge is 2.11. The van der Waals surface area contributed by atoms with Crippen LogP contribution >= 0.6 is 22.6 Å². The van der Waals surface area contributed by atoms with Crippen LogP contribution in [-0.2, 0) is 4.55 Å². The summed E-state index contributed by atoms with van der Waals surface area (Å²) in [6.45, 7) is 0. The molecule has 6 nitrogen and oxygen atoms in total. The van der Waals surface area contributed by atoms with E-state index >= 15 is 0 Å². The monoisotopic (exact) mass is 345 g/mol. The first kappa shape index (κ1) is 11.8. The first-order valence-corrected chi connectivity index (χ1v) is 6.20. The highest BCUT2D eigenvalue weighted by atomic mass is 127. The molecule has 0 bridgehead atoms. The van der Waals surface area contributed by atoms with Crippen molar-refractivity contribution >= 4 is 28.3 Å². The van der Waals surface area contributed by atoms with E-state index in [0.29, 0.717) is 10.1 Å². The number of nitro benzene ring substituents is 1. The average molecular weight is 345 g/mol. The molecule has 1 heterocycles. The molecule has 0 atom stereocenters. The van der Waals surface area contributed by atoms with Crippen LogP contribution in [0.3, 0.4) is 0 Å². The lowest BCUT2D eigenvalue weighted by molar-refractivity contribution is -0.384. The van der Waals surface area contributed by atoms with Gasteiger partial charge >= 0.3 is 0 Å². The van der Waals surface area contributed by atoms with Crippen LogP contribution in [0, 0.1) is 10.1 Å². The Balaban J connectivity index is 2.47. The summed E-state index contributed by atoms with van der Waals surface area (Å²) >= 11 is 2.15. The van der Waals surface area contributed by atoms with Gasteiger partial charge in [0, 0.05) is 17.8 Å². The molecule has 2 rings (SSSR count). The molecule has 0 unspecified atom stereocenters. The highest BCUT2D eigenvalue weighted by molar-refractivity contribution is 14.1. The molecule has 7 heteroatoms. The van der Waals surface area contributed by atoms with E-state index in [-0.39, 0.29) is 11.4 Å². The van der Waals surface area contributed by atoms with Gasteiger partial charge in [0.25, 0.3) is 5.69 Å². The summed E-state index contributed by atoms with van der Waals surface area (Å²) in [5.74, 6) is -0.128. The van der Waals surface area contributed by atoms with Crippen molar-refractivity contribution in [3.05, 3.63) is 40.7 Å². The van der Waals surface area contributed by atoms with E-state index in [0.717, 1.165) is 11.6 Å². The summed E-state index contributed by atoms with van der Waals surface area (Å²) in [5, 5.41) is 24.2. The molecule has 1 N–H and O–H groups in total. The molecule has 0 saturated carbocycles. The molecular weight excluding hydrogens is 337 g/mol. The topological polar surface area (TPSA) is 81.2 Å². The van der Waals surface area contributed by atoms with Crippen LogP contribution in [0.1, 0.15) is 0 Å². The Labute approximate surface area is 110 Å². The van der Waals surface area contributed by atoms with Gasteiger partial charge < -0.3 is 5.11 Å². The normalized spacial score (nSPS) is 10.4. The van der Waals surface area contributed by atoms with Crippen molar-refractivity contribution in [2.45, 2.75) is 4.55 Å². The van der Waals surface area contributed by atoms with E-state index in [2.05, 4.69) is 27.7 Å². The number of hydrogen-bond donors (Lipinski definition) is 1. The van der Waals surface area contributed by atoms with E-state index in [9.17, 15) is 15.2 Å². The van der Waals surface area contributed by atoms with E-state index in [1.165, 1.54) is 12.1 Å². The van der Waals surface area contributed by atoms with E-state index < -0.39 is 4.92 Å². The summed E-state index contributed by atoms with van der Waals surface area (Å²) in [6, 6.07) is 4.00. The lowest BCUT2D eigenvalue weighted by Gasteiger charge is -1.99. The van der Waals surface area contributed by atoms with Crippen molar-refractivity contribution in [2.75, 3.05) is 0 Å². The molecule has 0 radical (unpaired) electrons. The zero-order chi connectivity index (χ0) is 12.4. The standard InChI is InChI=1S/C10H8IN3O3/c11-6-13-5-8(4-12-13)7-1-9(14(16)17)3-10(15)2-7/h1-5,15H,6H2. The number of aromatic nitrogens is 2. The maximum Gasteiger partial charge on any atom is 0.273 e. The second-order valence-corrected chi connectivity index (χ2v) is 4.07. The molecule has 0 spiro atoms. The Kier molecular flexibility index (Phi) is 3.27. The lowest BCUT2D eigenvalue weighted by atomic mass is 10.1. The summed E-state index contributed by atoms with van der Waals surface area (Å²) < 4.78 is 2.39. The molecule has 2 aromatic rings. The number of hydrogen-bond acceptors (Lipinski definition) is 4. The van der Waals surface area contributed by atoms with Gasteiger partial charge in [-0.3, -0.25) is 14.8 Å². The van der Waals surface area contributed by atoms with E-state index in [1.807, 2.05) is 0 Å². The molecule has 0 aliphatic carbocycles. The van der Waals surface area contributed by atoms with Gasteiger partial charge in [0.1, 0.15) is 5.75 Å². The van der Waals surface area contributed by atoms with Crippen LogP contribution in [0.2, 0.25) is 0 Å². The fourth-order valence-corrected chi connectivity index (χ4v) is 1.82. The van der Waals surface area contributed by atoms with E-state index in [4.69, 9.17) is 0 Å². The maximum atomic E-state index is 10.7. The van der Waals surface area contributed by atoms with Gasteiger partial charge in [0.05, 0.1) is 21.7 Å². The van der Waals surface area contributed by atoms with Crippen LogP contribution < -0.4 is 0 Å². The Hall–Kier alpha value is -1.64. The molecular formula is C10H8IN3O3. The summed E-state index contributed by atoms with van der Waals surface area (Å²) in [6.07, 6.45) is 3.38. The van der Waals surface area contributed by atoms with Gasteiger partial charge in [0.15, 0.2) is 0 Å². The SMILES string of the molecule is O=[N+]([O-])c1cc(O)cc(-c2cnn(CI)c2)c1. The molecule has 88 valence electrons.